The number of rotatable bonds is 4. The normalized spacial score (nSPS) is 19.2. The van der Waals surface area contributed by atoms with Gasteiger partial charge in [0.05, 0.1) is 0 Å². The number of piperazine rings is 2. The molecule has 0 spiro atoms. The van der Waals surface area contributed by atoms with Crippen LogP contribution in [0.3, 0.4) is 0 Å². The third-order valence-corrected chi connectivity index (χ3v) is 6.06. The van der Waals surface area contributed by atoms with Gasteiger partial charge in [-0.3, -0.25) is 4.90 Å². The standard InChI is InChI=1S/C22H32N6/c1-18-4-5-19(2)20(14-18)16-26-8-12-28(13-9-26)22-15-21(23-17-24-22)27-10-6-25(3)7-11-27/h4-5,14-15,17H,6-13,16H2,1-3H3. The number of aromatic nitrogens is 2. The van der Waals surface area contributed by atoms with Crippen molar-refractivity contribution in [3.05, 3.63) is 47.3 Å². The summed E-state index contributed by atoms with van der Waals surface area (Å²) >= 11 is 0. The van der Waals surface area contributed by atoms with Crippen LogP contribution in [0.15, 0.2) is 30.6 Å². The lowest BCUT2D eigenvalue weighted by Crippen LogP contribution is -2.47. The first-order chi connectivity index (χ1) is 13.6. The summed E-state index contributed by atoms with van der Waals surface area (Å²) in [4.78, 5) is 18.8. The maximum atomic E-state index is 4.57. The van der Waals surface area contributed by atoms with Gasteiger partial charge in [-0.1, -0.05) is 23.8 Å². The first-order valence-corrected chi connectivity index (χ1v) is 10.4. The molecular weight excluding hydrogens is 348 g/mol. The highest BCUT2D eigenvalue weighted by Crippen LogP contribution is 2.21. The first-order valence-electron chi connectivity index (χ1n) is 10.4. The number of hydrogen-bond acceptors (Lipinski definition) is 6. The molecule has 3 heterocycles. The third kappa shape index (κ3) is 4.45. The van der Waals surface area contributed by atoms with E-state index in [1.807, 2.05) is 0 Å². The molecule has 0 aliphatic carbocycles. The topological polar surface area (TPSA) is 38.7 Å². The van der Waals surface area contributed by atoms with Crippen LogP contribution in [0, 0.1) is 13.8 Å². The Bertz CT molecular complexity index is 791. The van der Waals surface area contributed by atoms with E-state index in [1.54, 1.807) is 6.33 Å². The Hall–Kier alpha value is -2.18. The van der Waals surface area contributed by atoms with Gasteiger partial charge in [-0.2, -0.15) is 0 Å². The van der Waals surface area contributed by atoms with Crippen LogP contribution in [0.25, 0.3) is 0 Å². The van der Waals surface area contributed by atoms with E-state index in [1.165, 1.54) is 16.7 Å². The molecule has 0 unspecified atom stereocenters. The zero-order valence-corrected chi connectivity index (χ0v) is 17.4. The SMILES string of the molecule is Cc1ccc(C)c(CN2CCN(c3cc(N4CCN(C)CC4)ncn3)CC2)c1. The highest BCUT2D eigenvalue weighted by atomic mass is 15.3. The first kappa shape index (κ1) is 19.2. The van der Waals surface area contributed by atoms with Crippen LogP contribution >= 0.6 is 0 Å². The van der Waals surface area contributed by atoms with E-state index in [-0.39, 0.29) is 0 Å². The van der Waals surface area contributed by atoms with Crippen LogP contribution in [0.5, 0.6) is 0 Å². The van der Waals surface area contributed by atoms with Crippen LogP contribution in [-0.2, 0) is 6.54 Å². The zero-order chi connectivity index (χ0) is 19.5. The molecule has 6 heteroatoms. The highest BCUT2D eigenvalue weighted by Gasteiger charge is 2.21. The maximum Gasteiger partial charge on any atom is 0.134 e. The highest BCUT2D eigenvalue weighted by molar-refractivity contribution is 5.50. The minimum atomic E-state index is 1.02. The minimum Gasteiger partial charge on any atom is -0.354 e. The third-order valence-electron chi connectivity index (χ3n) is 6.06. The molecule has 2 aliphatic heterocycles. The number of aryl methyl sites for hydroxylation is 2. The Balaban J connectivity index is 1.36. The zero-order valence-electron chi connectivity index (χ0n) is 17.4. The van der Waals surface area contributed by atoms with E-state index in [4.69, 9.17) is 0 Å². The molecule has 0 amide bonds. The van der Waals surface area contributed by atoms with Gasteiger partial charge < -0.3 is 14.7 Å². The summed E-state index contributed by atoms with van der Waals surface area (Å²) in [5, 5.41) is 0. The molecule has 0 bridgehead atoms. The smallest absolute Gasteiger partial charge is 0.134 e. The van der Waals surface area contributed by atoms with Crippen molar-refractivity contribution in [2.24, 2.45) is 0 Å². The number of benzene rings is 1. The fourth-order valence-electron chi connectivity index (χ4n) is 4.07. The average Bonchev–Trinajstić information content (AvgIpc) is 2.72. The van der Waals surface area contributed by atoms with Gasteiger partial charge in [0.15, 0.2) is 0 Å². The molecule has 2 fully saturated rings. The second-order valence-corrected chi connectivity index (χ2v) is 8.22. The van der Waals surface area contributed by atoms with E-state index in [0.717, 1.165) is 70.5 Å². The molecule has 2 saturated heterocycles. The maximum absolute atomic E-state index is 4.57. The predicted molar refractivity (Wildman–Crippen MR) is 115 cm³/mol. The fourth-order valence-corrected chi connectivity index (χ4v) is 4.07. The Morgan fingerprint density at radius 3 is 2.04 bits per heavy atom. The van der Waals surface area contributed by atoms with E-state index in [2.05, 4.69) is 74.7 Å². The minimum absolute atomic E-state index is 1.02. The summed E-state index contributed by atoms with van der Waals surface area (Å²) in [5.74, 6) is 2.13. The van der Waals surface area contributed by atoms with Gasteiger partial charge >= 0.3 is 0 Å². The lowest BCUT2D eigenvalue weighted by Gasteiger charge is -2.36. The van der Waals surface area contributed by atoms with Crippen molar-refractivity contribution in [2.75, 3.05) is 69.2 Å². The van der Waals surface area contributed by atoms with Crippen LogP contribution in [0.4, 0.5) is 11.6 Å². The lowest BCUT2D eigenvalue weighted by molar-refractivity contribution is 0.249. The lowest BCUT2D eigenvalue weighted by atomic mass is 10.0. The molecular formula is C22H32N6. The summed E-state index contributed by atoms with van der Waals surface area (Å²) in [7, 11) is 2.18. The Kier molecular flexibility index (Phi) is 5.78. The number of nitrogens with zero attached hydrogens (tertiary/aromatic N) is 6. The summed E-state index contributed by atoms with van der Waals surface area (Å²) < 4.78 is 0. The van der Waals surface area contributed by atoms with E-state index in [0.29, 0.717) is 0 Å². The van der Waals surface area contributed by atoms with Crippen molar-refractivity contribution in [1.29, 1.82) is 0 Å². The monoisotopic (exact) mass is 380 g/mol. The van der Waals surface area contributed by atoms with Crippen LogP contribution in [0.2, 0.25) is 0 Å². The Morgan fingerprint density at radius 2 is 1.39 bits per heavy atom. The summed E-state index contributed by atoms with van der Waals surface area (Å²) in [6.45, 7) is 13.9. The van der Waals surface area contributed by atoms with E-state index < -0.39 is 0 Å². The van der Waals surface area contributed by atoms with Crippen LogP contribution in [0.1, 0.15) is 16.7 Å². The Labute approximate surface area is 168 Å². The molecule has 0 atom stereocenters. The molecule has 1 aromatic carbocycles. The van der Waals surface area contributed by atoms with E-state index >= 15 is 0 Å². The van der Waals surface area contributed by atoms with Gasteiger partial charge in [0, 0.05) is 65.0 Å². The molecule has 2 aromatic rings. The van der Waals surface area contributed by atoms with Gasteiger partial charge in [-0.25, -0.2) is 9.97 Å². The fraction of sp³-hybridized carbons (Fsp3) is 0.545. The summed E-state index contributed by atoms with van der Waals surface area (Å²) in [6, 6.07) is 8.94. The van der Waals surface area contributed by atoms with Gasteiger partial charge in [0.2, 0.25) is 0 Å². The molecule has 150 valence electrons. The van der Waals surface area contributed by atoms with Crippen molar-refractivity contribution in [3.8, 4) is 0 Å². The average molecular weight is 381 g/mol. The van der Waals surface area contributed by atoms with Gasteiger partial charge in [0.1, 0.15) is 18.0 Å². The van der Waals surface area contributed by atoms with Crippen LogP contribution in [-0.4, -0.2) is 79.2 Å². The number of likely N-dealkylation sites (N-methyl/N-ethyl adjacent to an activating group) is 1. The van der Waals surface area contributed by atoms with E-state index in [9.17, 15) is 0 Å². The van der Waals surface area contributed by atoms with Crippen LogP contribution < -0.4 is 9.80 Å². The molecule has 0 radical (unpaired) electrons. The second-order valence-electron chi connectivity index (χ2n) is 8.22. The molecule has 2 aliphatic rings. The van der Waals surface area contributed by atoms with Gasteiger partial charge in [0.25, 0.3) is 0 Å². The number of anilines is 2. The largest absolute Gasteiger partial charge is 0.354 e. The number of hydrogen-bond donors (Lipinski definition) is 0. The van der Waals surface area contributed by atoms with Crippen molar-refractivity contribution in [2.45, 2.75) is 20.4 Å². The Morgan fingerprint density at radius 1 is 0.786 bits per heavy atom. The van der Waals surface area contributed by atoms with Crippen molar-refractivity contribution in [1.82, 2.24) is 19.8 Å². The predicted octanol–water partition coefficient (Wildman–Crippen LogP) is 2.17. The summed E-state index contributed by atoms with van der Waals surface area (Å²) in [6.07, 6.45) is 1.73. The summed E-state index contributed by atoms with van der Waals surface area (Å²) in [5.41, 5.74) is 4.19. The molecule has 4 rings (SSSR count). The molecule has 0 saturated carbocycles. The van der Waals surface area contributed by atoms with Gasteiger partial charge in [-0.05, 0) is 32.0 Å². The molecule has 1 aromatic heterocycles. The van der Waals surface area contributed by atoms with Gasteiger partial charge in [-0.15, -0.1) is 0 Å². The molecule has 6 nitrogen and oxygen atoms in total. The van der Waals surface area contributed by atoms with Crippen molar-refractivity contribution >= 4 is 11.6 Å². The van der Waals surface area contributed by atoms with Crippen molar-refractivity contribution < 1.29 is 0 Å². The molecule has 0 N–H and O–H groups in total. The quantitative estimate of drug-likeness (QED) is 0.809. The second kappa shape index (κ2) is 8.45. The molecule has 28 heavy (non-hydrogen) atoms. The van der Waals surface area contributed by atoms with Crippen molar-refractivity contribution in [3.63, 3.8) is 0 Å².